The molecular weight excluding hydrogens is 634 g/mol. The quantitative estimate of drug-likeness (QED) is 0.318. The van der Waals surface area contributed by atoms with Gasteiger partial charge in [0.25, 0.3) is 0 Å². The Bertz CT molecular complexity index is 1450. The summed E-state index contributed by atoms with van der Waals surface area (Å²) in [5.41, 5.74) is -1.03. The minimum Gasteiger partial charge on any atom is -0.457 e. The van der Waals surface area contributed by atoms with Crippen LogP contribution in [0.25, 0.3) is 0 Å². The van der Waals surface area contributed by atoms with Crippen molar-refractivity contribution in [2.24, 2.45) is 50.7 Å². The molecule has 7 fully saturated rings. The van der Waals surface area contributed by atoms with Crippen molar-refractivity contribution in [2.45, 2.75) is 156 Å². The van der Waals surface area contributed by atoms with Gasteiger partial charge >= 0.3 is 5.97 Å². The Labute approximate surface area is 298 Å². The molecule has 14 atom stereocenters. The molecule has 50 heavy (non-hydrogen) atoms. The molecular formula is C40H63N3O7. The zero-order valence-corrected chi connectivity index (χ0v) is 31.7. The summed E-state index contributed by atoms with van der Waals surface area (Å²) in [5.74, 6) is 2.05. The minimum atomic E-state index is -1.26. The first-order valence-corrected chi connectivity index (χ1v) is 19.7. The van der Waals surface area contributed by atoms with Crippen LogP contribution in [-0.4, -0.2) is 93.2 Å². The van der Waals surface area contributed by atoms with Crippen LogP contribution in [0.5, 0.6) is 0 Å². The summed E-state index contributed by atoms with van der Waals surface area (Å²) in [6.45, 7) is 19.9. The summed E-state index contributed by atoms with van der Waals surface area (Å²) < 4.78 is 25.7. The Morgan fingerprint density at radius 2 is 1.88 bits per heavy atom. The fraction of sp³-hybridized carbons (Fsp3) is 0.900. The number of hydrogen-bond acceptors (Lipinski definition) is 9. The second-order valence-electron chi connectivity index (χ2n) is 19.4. The first kappa shape index (κ1) is 35.5. The third-order valence-electron chi connectivity index (χ3n) is 16.5. The second kappa shape index (κ2) is 11.7. The highest BCUT2D eigenvalue weighted by Gasteiger charge is 2.84. The number of rotatable bonds is 7. The van der Waals surface area contributed by atoms with E-state index in [9.17, 15) is 15.0 Å². The van der Waals surface area contributed by atoms with Gasteiger partial charge in [0, 0.05) is 31.3 Å². The van der Waals surface area contributed by atoms with Crippen molar-refractivity contribution < 1.29 is 34.0 Å². The lowest BCUT2D eigenvalue weighted by Crippen LogP contribution is -2.60. The normalized spacial score (nSPS) is 48.7. The molecule has 3 heterocycles. The van der Waals surface area contributed by atoms with Gasteiger partial charge in [-0.3, -0.25) is 9.69 Å². The molecule has 0 radical (unpaired) electrons. The number of morpholine rings is 1. The number of carbonyl (C=O) groups excluding carboxylic acids is 1. The number of aliphatic hydroxyl groups excluding tert-OH is 1. The number of ether oxygens (including phenoxy) is 4. The van der Waals surface area contributed by atoms with E-state index < -0.39 is 29.9 Å². The molecule has 0 amide bonds. The van der Waals surface area contributed by atoms with E-state index in [0.717, 1.165) is 51.1 Å². The zero-order chi connectivity index (χ0) is 35.6. The Kier molecular flexibility index (Phi) is 8.31. The Morgan fingerprint density at radius 3 is 2.58 bits per heavy atom. The Balaban J connectivity index is 1.01. The molecule has 2 aliphatic heterocycles. The van der Waals surface area contributed by atoms with E-state index in [0.29, 0.717) is 30.3 Å². The van der Waals surface area contributed by atoms with Crippen LogP contribution in [0, 0.1) is 50.7 Å². The number of hydrogen-bond donors (Lipinski definition) is 3. The summed E-state index contributed by atoms with van der Waals surface area (Å²) in [6, 6.07) is 0. The summed E-state index contributed by atoms with van der Waals surface area (Å²) in [5, 5.41) is 23.7. The standard InChI is InChI=1S/C40H63N3O7/c1-23-19-25(34(36(5,6)46)48-24(2)44)49-32-31(23)37(7)13-14-40-22-39(40)12-11-28(35(3,4)26(39)9-10-27(40)38(37,8)33(32)45)50-30-21-43(17-18-47-30)20-29-41-15-16-42-29/h15-16,23,25-28,30-34,45-46H,9-14,17-22H2,1-8H3,(H,41,42)/t23-,25?,26+,27?,28?,30+,31+,32?,33+,34?,37?,38-,39?,40?/m1/s1. The lowest BCUT2D eigenvalue weighted by Gasteiger charge is -2.64. The van der Waals surface area contributed by atoms with Gasteiger partial charge < -0.3 is 34.1 Å². The van der Waals surface area contributed by atoms with Gasteiger partial charge in [-0.1, -0.05) is 34.6 Å². The molecule has 10 heteroatoms. The van der Waals surface area contributed by atoms with E-state index in [1.807, 2.05) is 12.4 Å². The van der Waals surface area contributed by atoms with Crippen molar-refractivity contribution >= 4 is 5.97 Å². The fourth-order valence-electron chi connectivity index (χ4n) is 14.3. The molecule has 8 unspecified atom stereocenters. The molecule has 0 bridgehead atoms. The lowest BCUT2D eigenvalue weighted by molar-refractivity contribution is -0.249. The van der Waals surface area contributed by atoms with Crippen molar-refractivity contribution in [2.75, 3.05) is 19.7 Å². The monoisotopic (exact) mass is 697 g/mol. The number of esters is 1. The molecule has 3 N–H and O–H groups in total. The van der Waals surface area contributed by atoms with Crippen molar-refractivity contribution in [3.63, 3.8) is 0 Å². The molecule has 10 nitrogen and oxygen atoms in total. The van der Waals surface area contributed by atoms with Gasteiger partial charge in [-0.2, -0.15) is 0 Å². The van der Waals surface area contributed by atoms with Gasteiger partial charge in [0.2, 0.25) is 0 Å². The summed E-state index contributed by atoms with van der Waals surface area (Å²) in [6.07, 6.45) is 10.2. The number of carbonyl (C=O) groups is 1. The number of aliphatic hydroxyl groups is 2. The number of aromatic amines is 1. The third kappa shape index (κ3) is 4.93. The van der Waals surface area contributed by atoms with E-state index in [-0.39, 0.29) is 52.0 Å². The van der Waals surface area contributed by atoms with Gasteiger partial charge in [-0.15, -0.1) is 0 Å². The van der Waals surface area contributed by atoms with Gasteiger partial charge in [0.1, 0.15) is 5.82 Å². The summed E-state index contributed by atoms with van der Waals surface area (Å²) >= 11 is 0. The Hall–Kier alpha value is -1.56. The molecule has 7 aliphatic rings. The molecule has 0 aromatic carbocycles. The predicted molar refractivity (Wildman–Crippen MR) is 186 cm³/mol. The molecule has 8 rings (SSSR count). The van der Waals surface area contributed by atoms with Crippen LogP contribution in [0.15, 0.2) is 12.4 Å². The highest BCUT2D eigenvalue weighted by Crippen LogP contribution is 2.89. The smallest absolute Gasteiger partial charge is 0.303 e. The molecule has 1 aromatic heterocycles. The van der Waals surface area contributed by atoms with Gasteiger partial charge in [-0.05, 0) is 111 Å². The van der Waals surface area contributed by atoms with Crippen molar-refractivity contribution in [1.29, 1.82) is 0 Å². The lowest BCUT2D eigenvalue weighted by atomic mass is 9.41. The van der Waals surface area contributed by atoms with E-state index in [1.54, 1.807) is 13.8 Å². The second-order valence-corrected chi connectivity index (χ2v) is 19.4. The first-order valence-electron chi connectivity index (χ1n) is 19.7. The SMILES string of the molecule is CC(=O)OC(C1C[C@@H](C)[C@H]2C(O1)[C@H](O)[C@@]1(C)C3CC[C@H]4C(C)(C)C(O[C@H]5CN(Cc6ncc[nH]6)CCO5)CCC45CC35CCC21C)C(C)(C)O. The number of aromatic nitrogens is 2. The largest absolute Gasteiger partial charge is 0.457 e. The maximum atomic E-state index is 12.6. The summed E-state index contributed by atoms with van der Waals surface area (Å²) in [4.78, 5) is 22.1. The maximum Gasteiger partial charge on any atom is 0.303 e. The van der Waals surface area contributed by atoms with E-state index >= 15 is 0 Å². The highest BCUT2D eigenvalue weighted by molar-refractivity contribution is 5.66. The predicted octanol–water partition coefficient (Wildman–Crippen LogP) is 5.47. The van der Waals surface area contributed by atoms with Crippen LogP contribution in [-0.2, 0) is 30.3 Å². The maximum absolute atomic E-state index is 12.6. The number of fused-ring (bicyclic) bond motifs is 4. The fourth-order valence-corrected chi connectivity index (χ4v) is 14.3. The summed E-state index contributed by atoms with van der Waals surface area (Å²) in [7, 11) is 0. The molecule has 2 spiro atoms. The van der Waals surface area contributed by atoms with E-state index in [4.69, 9.17) is 18.9 Å². The topological polar surface area (TPSA) is 126 Å². The van der Waals surface area contributed by atoms with Crippen molar-refractivity contribution in [1.82, 2.24) is 14.9 Å². The van der Waals surface area contributed by atoms with Crippen LogP contribution in [0.4, 0.5) is 0 Å². The average molecular weight is 698 g/mol. The zero-order valence-electron chi connectivity index (χ0n) is 31.7. The van der Waals surface area contributed by atoms with E-state index in [1.165, 1.54) is 26.2 Å². The molecule has 2 saturated heterocycles. The third-order valence-corrected chi connectivity index (χ3v) is 16.5. The number of H-pyrrole nitrogens is 1. The number of nitrogens with one attached hydrogen (secondary N) is 1. The van der Waals surface area contributed by atoms with Crippen LogP contribution in [0.3, 0.4) is 0 Å². The molecule has 5 saturated carbocycles. The van der Waals surface area contributed by atoms with Crippen molar-refractivity contribution in [3.8, 4) is 0 Å². The molecule has 5 aliphatic carbocycles. The van der Waals surface area contributed by atoms with Crippen LogP contribution in [0.2, 0.25) is 0 Å². The number of nitrogens with zero attached hydrogens (tertiary/aromatic N) is 2. The van der Waals surface area contributed by atoms with Gasteiger partial charge in [-0.25, -0.2) is 4.98 Å². The molecule has 1 aromatic rings. The van der Waals surface area contributed by atoms with Gasteiger partial charge in [0.15, 0.2) is 12.4 Å². The minimum absolute atomic E-state index is 0.0248. The van der Waals surface area contributed by atoms with Crippen LogP contribution in [0.1, 0.15) is 113 Å². The number of imidazole rings is 1. The average Bonchev–Trinajstić information content (AvgIpc) is 3.33. The van der Waals surface area contributed by atoms with Crippen LogP contribution >= 0.6 is 0 Å². The Morgan fingerprint density at radius 1 is 1.14 bits per heavy atom. The molecule has 280 valence electrons. The van der Waals surface area contributed by atoms with Crippen LogP contribution < -0.4 is 0 Å². The van der Waals surface area contributed by atoms with Gasteiger partial charge in [0.05, 0.1) is 49.7 Å². The highest BCUT2D eigenvalue weighted by atomic mass is 16.7. The van der Waals surface area contributed by atoms with E-state index in [2.05, 4.69) is 49.5 Å². The van der Waals surface area contributed by atoms with Crippen molar-refractivity contribution in [3.05, 3.63) is 18.2 Å². The first-order chi connectivity index (χ1) is 23.5.